The highest BCUT2D eigenvalue weighted by Gasteiger charge is 2.21. The molecular formula is C16H24N2O3. The second-order valence-electron chi connectivity index (χ2n) is 5.51. The molecule has 0 bridgehead atoms. The second kappa shape index (κ2) is 7.43. The van der Waals surface area contributed by atoms with Gasteiger partial charge in [-0.25, -0.2) is 0 Å². The number of methoxy groups -OCH3 is 1. The second-order valence-corrected chi connectivity index (χ2v) is 5.51. The first-order chi connectivity index (χ1) is 10.1. The first-order valence-electron chi connectivity index (χ1n) is 7.42. The number of ether oxygens (including phenoxy) is 1. The number of benzene rings is 1. The highest BCUT2D eigenvalue weighted by atomic mass is 16.5. The SMILES string of the molecule is COc1cccc(C(C)N2CCCN(CC(=O)O)CC2)c1. The molecule has 0 saturated carbocycles. The molecule has 0 radical (unpaired) electrons. The number of hydrogen-bond donors (Lipinski definition) is 1. The molecule has 5 heteroatoms. The van der Waals surface area contributed by atoms with Gasteiger partial charge in [0, 0.05) is 32.2 Å². The van der Waals surface area contributed by atoms with Crippen LogP contribution in [0.1, 0.15) is 24.9 Å². The molecule has 1 heterocycles. The molecule has 1 aromatic carbocycles. The zero-order valence-corrected chi connectivity index (χ0v) is 12.8. The van der Waals surface area contributed by atoms with Gasteiger partial charge in [0.15, 0.2) is 0 Å². The quantitative estimate of drug-likeness (QED) is 0.897. The maximum absolute atomic E-state index is 10.8. The number of hydrogen-bond acceptors (Lipinski definition) is 4. The van der Waals surface area contributed by atoms with Gasteiger partial charge in [-0.05, 0) is 31.0 Å². The van der Waals surface area contributed by atoms with Crippen LogP contribution in [0.3, 0.4) is 0 Å². The van der Waals surface area contributed by atoms with Gasteiger partial charge in [-0.2, -0.15) is 0 Å². The Bertz CT molecular complexity index is 478. The average Bonchev–Trinajstić information content (AvgIpc) is 2.71. The highest BCUT2D eigenvalue weighted by Crippen LogP contribution is 2.24. The molecule has 0 aromatic heterocycles. The average molecular weight is 292 g/mol. The van der Waals surface area contributed by atoms with E-state index in [-0.39, 0.29) is 6.54 Å². The predicted molar refractivity (Wildman–Crippen MR) is 81.7 cm³/mol. The van der Waals surface area contributed by atoms with Gasteiger partial charge in [-0.15, -0.1) is 0 Å². The van der Waals surface area contributed by atoms with Crippen LogP contribution in [0.5, 0.6) is 5.75 Å². The van der Waals surface area contributed by atoms with Crippen molar-refractivity contribution in [1.29, 1.82) is 0 Å². The molecule has 1 N–H and O–H groups in total. The third-order valence-corrected chi connectivity index (χ3v) is 4.11. The van der Waals surface area contributed by atoms with Crippen LogP contribution < -0.4 is 4.74 Å². The molecule has 21 heavy (non-hydrogen) atoms. The van der Waals surface area contributed by atoms with Crippen molar-refractivity contribution < 1.29 is 14.6 Å². The standard InChI is InChI=1S/C16H24N2O3/c1-13(14-5-3-6-15(11-14)21-2)18-8-4-7-17(9-10-18)12-16(19)20/h3,5-6,11,13H,4,7-10,12H2,1-2H3,(H,19,20). The summed E-state index contributed by atoms with van der Waals surface area (Å²) < 4.78 is 5.29. The fourth-order valence-corrected chi connectivity index (χ4v) is 2.84. The first-order valence-corrected chi connectivity index (χ1v) is 7.42. The number of carboxylic acid groups (broad SMARTS) is 1. The molecule has 0 aliphatic carbocycles. The summed E-state index contributed by atoms with van der Waals surface area (Å²) in [5, 5.41) is 8.90. The zero-order valence-electron chi connectivity index (χ0n) is 12.8. The molecule has 116 valence electrons. The summed E-state index contributed by atoms with van der Waals surface area (Å²) >= 11 is 0. The van der Waals surface area contributed by atoms with Crippen LogP contribution in [0, 0.1) is 0 Å². The minimum Gasteiger partial charge on any atom is -0.497 e. The van der Waals surface area contributed by atoms with E-state index in [9.17, 15) is 4.79 Å². The molecule has 1 saturated heterocycles. The van der Waals surface area contributed by atoms with Crippen LogP contribution in [0.25, 0.3) is 0 Å². The van der Waals surface area contributed by atoms with E-state index in [2.05, 4.69) is 24.0 Å². The van der Waals surface area contributed by atoms with Crippen molar-refractivity contribution in [2.24, 2.45) is 0 Å². The van der Waals surface area contributed by atoms with E-state index in [4.69, 9.17) is 9.84 Å². The van der Waals surface area contributed by atoms with Gasteiger partial charge < -0.3 is 9.84 Å². The number of carbonyl (C=O) groups is 1. The Morgan fingerprint density at radius 1 is 1.33 bits per heavy atom. The van der Waals surface area contributed by atoms with Gasteiger partial charge in [0.05, 0.1) is 13.7 Å². The van der Waals surface area contributed by atoms with Gasteiger partial charge in [-0.3, -0.25) is 14.6 Å². The molecule has 1 atom stereocenters. The predicted octanol–water partition coefficient (Wildman–Crippen LogP) is 1.85. The number of rotatable bonds is 5. The molecule has 5 nitrogen and oxygen atoms in total. The van der Waals surface area contributed by atoms with E-state index in [1.54, 1.807) is 7.11 Å². The Labute approximate surface area is 126 Å². The van der Waals surface area contributed by atoms with Crippen molar-refractivity contribution >= 4 is 5.97 Å². The normalized spacial score (nSPS) is 19.0. The smallest absolute Gasteiger partial charge is 0.317 e. The minimum absolute atomic E-state index is 0.140. The molecule has 2 rings (SSSR count). The van der Waals surface area contributed by atoms with Crippen molar-refractivity contribution in [3.63, 3.8) is 0 Å². The van der Waals surface area contributed by atoms with Crippen molar-refractivity contribution in [1.82, 2.24) is 9.80 Å². The fourth-order valence-electron chi connectivity index (χ4n) is 2.84. The Hall–Kier alpha value is -1.59. The minimum atomic E-state index is -0.746. The van der Waals surface area contributed by atoms with Crippen molar-refractivity contribution in [2.45, 2.75) is 19.4 Å². The van der Waals surface area contributed by atoms with Crippen LogP contribution in [0.15, 0.2) is 24.3 Å². The highest BCUT2D eigenvalue weighted by molar-refractivity contribution is 5.69. The van der Waals surface area contributed by atoms with Crippen molar-refractivity contribution in [3.8, 4) is 5.75 Å². The lowest BCUT2D eigenvalue weighted by atomic mass is 10.1. The monoisotopic (exact) mass is 292 g/mol. The zero-order chi connectivity index (χ0) is 15.2. The van der Waals surface area contributed by atoms with Crippen LogP contribution in [0.2, 0.25) is 0 Å². The Morgan fingerprint density at radius 3 is 2.86 bits per heavy atom. The lowest BCUT2D eigenvalue weighted by molar-refractivity contribution is -0.138. The number of nitrogens with zero attached hydrogens (tertiary/aromatic N) is 2. The van der Waals surface area contributed by atoms with Crippen LogP contribution in [0.4, 0.5) is 0 Å². The van der Waals surface area contributed by atoms with Crippen LogP contribution in [-0.2, 0) is 4.79 Å². The Kier molecular flexibility index (Phi) is 5.59. The third kappa shape index (κ3) is 4.44. The van der Waals surface area contributed by atoms with E-state index in [1.807, 2.05) is 17.0 Å². The lowest BCUT2D eigenvalue weighted by Gasteiger charge is -2.28. The van der Waals surface area contributed by atoms with E-state index in [0.29, 0.717) is 6.04 Å². The molecule has 1 fully saturated rings. The molecular weight excluding hydrogens is 268 g/mol. The molecule has 1 aliphatic heterocycles. The molecule has 1 unspecified atom stereocenters. The van der Waals surface area contributed by atoms with E-state index in [0.717, 1.165) is 38.3 Å². The summed E-state index contributed by atoms with van der Waals surface area (Å²) in [5.41, 5.74) is 1.24. The van der Waals surface area contributed by atoms with E-state index < -0.39 is 5.97 Å². The molecule has 1 aliphatic rings. The van der Waals surface area contributed by atoms with Gasteiger partial charge in [-0.1, -0.05) is 12.1 Å². The topological polar surface area (TPSA) is 53.0 Å². The summed E-state index contributed by atoms with van der Waals surface area (Å²) in [6, 6.07) is 8.47. The largest absolute Gasteiger partial charge is 0.497 e. The lowest BCUT2D eigenvalue weighted by Crippen LogP contribution is -2.35. The summed E-state index contributed by atoms with van der Waals surface area (Å²) in [6.07, 6.45) is 1.00. The first kappa shape index (κ1) is 15.8. The van der Waals surface area contributed by atoms with Crippen molar-refractivity contribution in [3.05, 3.63) is 29.8 Å². The van der Waals surface area contributed by atoms with Gasteiger partial charge in [0.25, 0.3) is 0 Å². The van der Waals surface area contributed by atoms with E-state index in [1.165, 1.54) is 5.56 Å². The molecule has 1 aromatic rings. The van der Waals surface area contributed by atoms with Gasteiger partial charge in [0.1, 0.15) is 5.75 Å². The maximum Gasteiger partial charge on any atom is 0.317 e. The number of aliphatic carboxylic acids is 1. The molecule has 0 amide bonds. The summed E-state index contributed by atoms with van der Waals surface area (Å²) in [5.74, 6) is 0.131. The fraction of sp³-hybridized carbons (Fsp3) is 0.562. The Morgan fingerprint density at radius 2 is 2.14 bits per heavy atom. The third-order valence-electron chi connectivity index (χ3n) is 4.11. The van der Waals surface area contributed by atoms with Crippen molar-refractivity contribution in [2.75, 3.05) is 39.8 Å². The summed E-state index contributed by atoms with van der Waals surface area (Å²) in [4.78, 5) is 15.2. The Balaban J connectivity index is 1.99. The van der Waals surface area contributed by atoms with Crippen LogP contribution >= 0.6 is 0 Å². The van der Waals surface area contributed by atoms with Crippen LogP contribution in [-0.4, -0.2) is 60.7 Å². The number of carboxylic acids is 1. The molecule has 0 spiro atoms. The van der Waals surface area contributed by atoms with E-state index >= 15 is 0 Å². The van der Waals surface area contributed by atoms with Gasteiger partial charge in [0.2, 0.25) is 0 Å². The maximum atomic E-state index is 10.8. The van der Waals surface area contributed by atoms with Gasteiger partial charge >= 0.3 is 5.97 Å². The summed E-state index contributed by atoms with van der Waals surface area (Å²) in [6.45, 7) is 5.89. The summed E-state index contributed by atoms with van der Waals surface area (Å²) in [7, 11) is 1.68.